The third kappa shape index (κ3) is 2.29. The van der Waals surface area contributed by atoms with Crippen LogP contribution in [0.1, 0.15) is 37.0 Å². The Balaban J connectivity index is 1.94. The highest BCUT2D eigenvalue weighted by molar-refractivity contribution is 5.81. The minimum atomic E-state index is 0.484. The number of nitrogens with one attached hydrogen (secondary N) is 1. The van der Waals surface area contributed by atoms with Crippen molar-refractivity contribution in [2.75, 3.05) is 7.05 Å². The molecule has 3 nitrogen and oxygen atoms in total. The third-order valence-corrected chi connectivity index (χ3v) is 3.53. The molecular weight excluding hydrogens is 200 g/mol. The summed E-state index contributed by atoms with van der Waals surface area (Å²) in [5.41, 5.74) is 1.19. The van der Waals surface area contributed by atoms with Gasteiger partial charge in [-0.2, -0.15) is 0 Å². The molecule has 0 unspecified atom stereocenters. The molecule has 88 valence electrons. The number of aryl methyl sites for hydroxylation is 1. The minimum absolute atomic E-state index is 0.484. The Kier molecular flexibility index (Phi) is 3.32. The molecule has 2 rings (SSSR count). The average Bonchev–Trinajstić information content (AvgIpc) is 2.89. The van der Waals surface area contributed by atoms with Gasteiger partial charge in [0.15, 0.2) is 0 Å². The molecule has 0 bridgehead atoms. The molecule has 1 fully saturated rings. The molecule has 1 aliphatic carbocycles. The summed E-state index contributed by atoms with van der Waals surface area (Å²) in [6.07, 6.45) is 6.66. The highest BCUT2D eigenvalue weighted by atomic mass is 16.3. The summed E-state index contributed by atoms with van der Waals surface area (Å²) in [6, 6.07) is 1.99. The van der Waals surface area contributed by atoms with Crippen molar-refractivity contribution in [2.24, 2.45) is 5.92 Å². The summed E-state index contributed by atoms with van der Waals surface area (Å²) >= 11 is 0. The van der Waals surface area contributed by atoms with Gasteiger partial charge in [-0.3, -0.25) is 5.41 Å². The van der Waals surface area contributed by atoms with Crippen LogP contribution in [0.4, 0.5) is 0 Å². The first-order valence-corrected chi connectivity index (χ1v) is 6.01. The summed E-state index contributed by atoms with van der Waals surface area (Å²) in [7, 11) is 2.01. The molecule has 0 spiro atoms. The van der Waals surface area contributed by atoms with Crippen molar-refractivity contribution in [1.29, 1.82) is 5.41 Å². The predicted molar refractivity (Wildman–Crippen MR) is 64.6 cm³/mol. The fourth-order valence-corrected chi connectivity index (χ4v) is 2.43. The Bertz CT molecular complexity index is 364. The lowest BCUT2D eigenvalue weighted by Crippen LogP contribution is -2.30. The number of furan rings is 1. The topological polar surface area (TPSA) is 40.2 Å². The van der Waals surface area contributed by atoms with Crippen LogP contribution in [0.3, 0.4) is 0 Å². The first-order valence-electron chi connectivity index (χ1n) is 6.01. The van der Waals surface area contributed by atoms with Gasteiger partial charge in [-0.05, 0) is 25.8 Å². The van der Waals surface area contributed by atoms with Gasteiger partial charge in [-0.25, -0.2) is 0 Å². The van der Waals surface area contributed by atoms with Gasteiger partial charge in [0.05, 0.1) is 12.1 Å². The van der Waals surface area contributed by atoms with Crippen LogP contribution in [-0.2, 0) is 6.54 Å². The smallest absolute Gasteiger partial charge is 0.105 e. The van der Waals surface area contributed by atoms with Gasteiger partial charge in [0.25, 0.3) is 0 Å². The first kappa shape index (κ1) is 11.2. The van der Waals surface area contributed by atoms with Crippen molar-refractivity contribution in [2.45, 2.75) is 39.2 Å². The van der Waals surface area contributed by atoms with Gasteiger partial charge in [0.2, 0.25) is 0 Å². The maximum absolute atomic E-state index is 8.16. The third-order valence-electron chi connectivity index (χ3n) is 3.53. The molecule has 0 aliphatic heterocycles. The minimum Gasteiger partial charge on any atom is -0.469 e. The van der Waals surface area contributed by atoms with Gasteiger partial charge in [-0.1, -0.05) is 12.8 Å². The number of hydrogen-bond donors (Lipinski definition) is 1. The van der Waals surface area contributed by atoms with Gasteiger partial charge < -0.3 is 9.32 Å². The van der Waals surface area contributed by atoms with E-state index >= 15 is 0 Å². The first-order chi connectivity index (χ1) is 7.68. The molecule has 1 N–H and O–H groups in total. The van der Waals surface area contributed by atoms with Crippen LogP contribution in [0.5, 0.6) is 0 Å². The van der Waals surface area contributed by atoms with E-state index in [-0.39, 0.29) is 0 Å². The summed E-state index contributed by atoms with van der Waals surface area (Å²) in [4.78, 5) is 2.05. The lowest BCUT2D eigenvalue weighted by Gasteiger charge is -2.23. The number of nitrogens with zero attached hydrogens (tertiary/aromatic N) is 1. The molecule has 1 aromatic heterocycles. The highest BCUT2D eigenvalue weighted by Gasteiger charge is 2.22. The Labute approximate surface area is 96.9 Å². The van der Waals surface area contributed by atoms with E-state index in [9.17, 15) is 0 Å². The second kappa shape index (κ2) is 4.73. The summed E-state index contributed by atoms with van der Waals surface area (Å²) in [5, 5.41) is 8.16. The van der Waals surface area contributed by atoms with Crippen molar-refractivity contribution >= 4 is 5.84 Å². The van der Waals surface area contributed by atoms with Gasteiger partial charge in [0, 0.05) is 25.1 Å². The van der Waals surface area contributed by atoms with Gasteiger partial charge >= 0.3 is 0 Å². The fourth-order valence-electron chi connectivity index (χ4n) is 2.43. The largest absolute Gasteiger partial charge is 0.469 e. The van der Waals surface area contributed by atoms with Crippen LogP contribution >= 0.6 is 0 Å². The van der Waals surface area contributed by atoms with Crippen molar-refractivity contribution < 1.29 is 4.42 Å². The Morgan fingerprint density at radius 2 is 2.19 bits per heavy atom. The predicted octanol–water partition coefficient (Wildman–Crippen LogP) is 3.19. The zero-order chi connectivity index (χ0) is 11.5. The van der Waals surface area contributed by atoms with Gasteiger partial charge in [0.1, 0.15) is 5.76 Å². The second-order valence-electron chi connectivity index (χ2n) is 4.72. The van der Waals surface area contributed by atoms with E-state index in [1.54, 1.807) is 6.26 Å². The molecule has 16 heavy (non-hydrogen) atoms. The molecule has 0 aromatic carbocycles. The monoisotopic (exact) mass is 220 g/mol. The SMILES string of the molecule is Cc1occc1CN(C)C(=N)C1CCCC1. The Morgan fingerprint density at radius 3 is 2.75 bits per heavy atom. The highest BCUT2D eigenvalue weighted by Crippen LogP contribution is 2.27. The van der Waals surface area contributed by atoms with Crippen LogP contribution < -0.4 is 0 Å². The second-order valence-corrected chi connectivity index (χ2v) is 4.72. The lowest BCUT2D eigenvalue weighted by molar-refractivity contribution is 0.446. The Morgan fingerprint density at radius 1 is 1.50 bits per heavy atom. The van der Waals surface area contributed by atoms with E-state index in [0.29, 0.717) is 5.92 Å². The number of rotatable bonds is 3. The van der Waals surface area contributed by atoms with Crippen LogP contribution in [0.2, 0.25) is 0 Å². The molecule has 1 heterocycles. The molecular formula is C13H20N2O. The van der Waals surface area contributed by atoms with E-state index in [4.69, 9.17) is 9.83 Å². The zero-order valence-corrected chi connectivity index (χ0v) is 10.1. The van der Waals surface area contributed by atoms with Crippen molar-refractivity contribution in [3.63, 3.8) is 0 Å². The summed E-state index contributed by atoms with van der Waals surface area (Å²) in [6.45, 7) is 2.76. The van der Waals surface area contributed by atoms with E-state index in [2.05, 4.69) is 0 Å². The van der Waals surface area contributed by atoms with Crippen molar-refractivity contribution in [3.05, 3.63) is 23.7 Å². The standard InChI is InChI=1S/C13H20N2O/c1-10-12(7-8-16-10)9-15(2)13(14)11-5-3-4-6-11/h7-8,11,14H,3-6,9H2,1-2H3. The fraction of sp³-hybridized carbons (Fsp3) is 0.615. The molecule has 1 aliphatic rings. The van der Waals surface area contributed by atoms with Crippen molar-refractivity contribution in [3.8, 4) is 0 Å². The van der Waals surface area contributed by atoms with E-state index in [1.165, 1.54) is 31.2 Å². The molecule has 0 radical (unpaired) electrons. The van der Waals surface area contributed by atoms with Crippen LogP contribution in [0, 0.1) is 18.3 Å². The van der Waals surface area contributed by atoms with Crippen LogP contribution in [-0.4, -0.2) is 17.8 Å². The molecule has 1 aromatic rings. The maximum Gasteiger partial charge on any atom is 0.105 e. The lowest BCUT2D eigenvalue weighted by atomic mass is 10.1. The average molecular weight is 220 g/mol. The molecule has 0 amide bonds. The van der Waals surface area contributed by atoms with E-state index < -0.39 is 0 Å². The van der Waals surface area contributed by atoms with E-state index in [1.807, 2.05) is 24.9 Å². The van der Waals surface area contributed by atoms with Gasteiger partial charge in [-0.15, -0.1) is 0 Å². The number of amidine groups is 1. The normalized spacial score (nSPS) is 16.6. The zero-order valence-electron chi connectivity index (χ0n) is 10.1. The quantitative estimate of drug-likeness (QED) is 0.627. The van der Waals surface area contributed by atoms with Crippen LogP contribution in [0.25, 0.3) is 0 Å². The Hall–Kier alpha value is -1.25. The summed E-state index contributed by atoms with van der Waals surface area (Å²) < 4.78 is 5.27. The summed E-state index contributed by atoms with van der Waals surface area (Å²) in [5.74, 6) is 2.24. The van der Waals surface area contributed by atoms with Crippen LogP contribution in [0.15, 0.2) is 16.7 Å². The maximum atomic E-state index is 8.16. The van der Waals surface area contributed by atoms with Crippen molar-refractivity contribution in [1.82, 2.24) is 4.90 Å². The molecule has 3 heteroatoms. The van der Waals surface area contributed by atoms with E-state index in [0.717, 1.165) is 18.1 Å². The molecule has 0 saturated heterocycles. The molecule has 0 atom stereocenters. The number of hydrogen-bond acceptors (Lipinski definition) is 2. The molecule has 1 saturated carbocycles.